The zero-order chi connectivity index (χ0) is 16.0. The lowest BCUT2D eigenvalue weighted by Gasteiger charge is -2.03. The molecule has 0 fully saturated rings. The second-order valence-corrected chi connectivity index (χ2v) is 4.24. The van der Waals surface area contributed by atoms with E-state index in [-0.39, 0.29) is 0 Å². The smallest absolute Gasteiger partial charge is 0.0182 e. The molecule has 0 radical (unpaired) electrons. The number of allylic oxidation sites excluding steroid dienone is 6. The fourth-order valence-corrected chi connectivity index (χ4v) is 1.51. The molecule has 1 aromatic carbocycles. The van der Waals surface area contributed by atoms with E-state index in [9.17, 15) is 0 Å². The molecular formula is C20H32. The highest BCUT2D eigenvalue weighted by molar-refractivity contribution is 5.75. The third-order valence-electron chi connectivity index (χ3n) is 2.29. The van der Waals surface area contributed by atoms with Gasteiger partial charge >= 0.3 is 0 Å². The Kier molecular flexibility index (Phi) is 14.4. The average Bonchev–Trinajstić information content (AvgIpc) is 2.47. The van der Waals surface area contributed by atoms with E-state index < -0.39 is 0 Å². The number of rotatable bonds is 3. The van der Waals surface area contributed by atoms with Crippen molar-refractivity contribution >= 4 is 5.57 Å². The summed E-state index contributed by atoms with van der Waals surface area (Å²) in [4.78, 5) is 0. The zero-order valence-corrected chi connectivity index (χ0v) is 14.6. The third kappa shape index (κ3) is 9.38. The highest BCUT2D eigenvalue weighted by Gasteiger charge is 1.96. The van der Waals surface area contributed by atoms with Gasteiger partial charge in [0.05, 0.1) is 0 Å². The number of hydrogen-bond donors (Lipinski definition) is 0. The SMILES string of the molecule is C/C=C/C(=C\C=C(C)C)c1cccc(C)c1.CC.CC. The Morgan fingerprint density at radius 1 is 0.950 bits per heavy atom. The minimum atomic E-state index is 1.26. The minimum absolute atomic E-state index is 1.26. The van der Waals surface area contributed by atoms with Gasteiger partial charge in [-0.2, -0.15) is 0 Å². The first-order valence-electron chi connectivity index (χ1n) is 7.68. The molecular weight excluding hydrogens is 240 g/mol. The van der Waals surface area contributed by atoms with Gasteiger partial charge in [0.15, 0.2) is 0 Å². The fourth-order valence-electron chi connectivity index (χ4n) is 1.51. The first kappa shape index (κ1) is 20.8. The molecule has 0 aliphatic heterocycles. The summed E-state index contributed by atoms with van der Waals surface area (Å²) in [6.45, 7) is 16.4. The highest BCUT2D eigenvalue weighted by atomic mass is 14.0. The van der Waals surface area contributed by atoms with Crippen LogP contribution in [0.3, 0.4) is 0 Å². The Bertz CT molecular complexity index is 427. The van der Waals surface area contributed by atoms with E-state index in [2.05, 4.69) is 69.3 Å². The Labute approximate surface area is 126 Å². The molecule has 0 bridgehead atoms. The molecule has 0 saturated heterocycles. The summed E-state index contributed by atoms with van der Waals surface area (Å²) in [6, 6.07) is 8.59. The molecule has 0 heterocycles. The first-order chi connectivity index (χ1) is 9.63. The summed E-state index contributed by atoms with van der Waals surface area (Å²) < 4.78 is 0. The van der Waals surface area contributed by atoms with Gasteiger partial charge in [0, 0.05) is 0 Å². The summed E-state index contributed by atoms with van der Waals surface area (Å²) in [5, 5.41) is 0. The van der Waals surface area contributed by atoms with E-state index >= 15 is 0 Å². The van der Waals surface area contributed by atoms with Gasteiger partial charge in [-0.15, -0.1) is 0 Å². The van der Waals surface area contributed by atoms with Gasteiger partial charge in [0.1, 0.15) is 0 Å². The lowest BCUT2D eigenvalue weighted by atomic mass is 10.0. The van der Waals surface area contributed by atoms with Crippen molar-refractivity contribution < 1.29 is 0 Å². The third-order valence-corrected chi connectivity index (χ3v) is 2.29. The van der Waals surface area contributed by atoms with Crippen LogP contribution in [0.1, 0.15) is 59.6 Å². The summed E-state index contributed by atoms with van der Waals surface area (Å²) in [5.74, 6) is 0. The van der Waals surface area contributed by atoms with Gasteiger partial charge in [0.2, 0.25) is 0 Å². The molecule has 0 heteroatoms. The number of benzene rings is 1. The van der Waals surface area contributed by atoms with Gasteiger partial charge in [0.25, 0.3) is 0 Å². The molecule has 1 rings (SSSR count). The molecule has 0 spiro atoms. The molecule has 0 aliphatic rings. The number of hydrogen-bond acceptors (Lipinski definition) is 0. The first-order valence-corrected chi connectivity index (χ1v) is 7.68. The fraction of sp³-hybridized carbons (Fsp3) is 0.400. The van der Waals surface area contributed by atoms with Crippen LogP contribution in [0.4, 0.5) is 0 Å². The van der Waals surface area contributed by atoms with Gasteiger partial charge in [-0.3, -0.25) is 0 Å². The maximum absolute atomic E-state index is 2.21. The molecule has 0 nitrogen and oxygen atoms in total. The molecule has 20 heavy (non-hydrogen) atoms. The van der Waals surface area contributed by atoms with Crippen LogP contribution in [-0.4, -0.2) is 0 Å². The van der Waals surface area contributed by atoms with Crippen LogP contribution < -0.4 is 0 Å². The molecule has 0 unspecified atom stereocenters. The predicted molar refractivity (Wildman–Crippen MR) is 96.1 cm³/mol. The highest BCUT2D eigenvalue weighted by Crippen LogP contribution is 2.17. The molecule has 0 saturated carbocycles. The van der Waals surface area contributed by atoms with Crippen LogP contribution >= 0.6 is 0 Å². The second kappa shape index (κ2) is 13.9. The van der Waals surface area contributed by atoms with E-state index in [1.807, 2.05) is 34.6 Å². The van der Waals surface area contributed by atoms with Crippen molar-refractivity contribution in [3.8, 4) is 0 Å². The van der Waals surface area contributed by atoms with Crippen LogP contribution in [0.15, 0.2) is 54.1 Å². The molecule has 0 atom stereocenters. The summed E-state index contributed by atoms with van der Waals surface area (Å²) >= 11 is 0. The molecule has 112 valence electrons. The Morgan fingerprint density at radius 2 is 1.55 bits per heavy atom. The Morgan fingerprint density at radius 3 is 2.00 bits per heavy atom. The standard InChI is InChI=1S/C16H20.2C2H6/c1-5-7-15(11-10-13(2)3)16-9-6-8-14(4)12-16;2*1-2/h5-12H,1-4H3;2*1-2H3/b7-5+,15-11+;;. The van der Waals surface area contributed by atoms with E-state index in [1.54, 1.807) is 0 Å². The summed E-state index contributed by atoms with van der Waals surface area (Å²) in [6.07, 6.45) is 8.54. The van der Waals surface area contributed by atoms with Crippen LogP contribution in [0.25, 0.3) is 5.57 Å². The van der Waals surface area contributed by atoms with Crippen LogP contribution in [0.2, 0.25) is 0 Å². The van der Waals surface area contributed by atoms with Crippen molar-refractivity contribution in [2.75, 3.05) is 0 Å². The molecule has 1 aromatic rings. The lowest BCUT2D eigenvalue weighted by molar-refractivity contribution is 1.39. The number of aryl methyl sites for hydroxylation is 1. The Balaban J connectivity index is 0. The molecule has 0 amide bonds. The second-order valence-electron chi connectivity index (χ2n) is 4.24. The van der Waals surface area contributed by atoms with Crippen molar-refractivity contribution in [3.63, 3.8) is 0 Å². The van der Waals surface area contributed by atoms with Crippen molar-refractivity contribution in [1.82, 2.24) is 0 Å². The van der Waals surface area contributed by atoms with E-state index in [1.165, 1.54) is 22.3 Å². The minimum Gasteiger partial charge on any atom is -0.0870 e. The molecule has 0 N–H and O–H groups in total. The normalized spacial score (nSPS) is 10.1. The van der Waals surface area contributed by atoms with Gasteiger partial charge in [-0.25, -0.2) is 0 Å². The van der Waals surface area contributed by atoms with Crippen LogP contribution in [0, 0.1) is 6.92 Å². The van der Waals surface area contributed by atoms with Crippen LogP contribution in [0.5, 0.6) is 0 Å². The summed E-state index contributed by atoms with van der Waals surface area (Å²) in [7, 11) is 0. The van der Waals surface area contributed by atoms with Crippen molar-refractivity contribution in [2.45, 2.75) is 55.4 Å². The molecule has 0 aromatic heterocycles. The van der Waals surface area contributed by atoms with Gasteiger partial charge in [-0.1, -0.05) is 87.4 Å². The van der Waals surface area contributed by atoms with Crippen molar-refractivity contribution in [2.24, 2.45) is 0 Å². The predicted octanol–water partition coefficient (Wildman–Crippen LogP) is 6.97. The van der Waals surface area contributed by atoms with Crippen molar-refractivity contribution in [3.05, 3.63) is 65.3 Å². The van der Waals surface area contributed by atoms with E-state index in [4.69, 9.17) is 0 Å². The molecule has 0 aliphatic carbocycles. The summed E-state index contributed by atoms with van der Waals surface area (Å²) in [5.41, 5.74) is 5.14. The van der Waals surface area contributed by atoms with Crippen molar-refractivity contribution in [1.29, 1.82) is 0 Å². The average molecular weight is 272 g/mol. The van der Waals surface area contributed by atoms with E-state index in [0.29, 0.717) is 0 Å². The van der Waals surface area contributed by atoms with Gasteiger partial charge < -0.3 is 0 Å². The Hall–Kier alpha value is -1.56. The lowest BCUT2D eigenvalue weighted by Crippen LogP contribution is -1.82. The maximum Gasteiger partial charge on any atom is -0.0182 e. The maximum atomic E-state index is 2.21. The van der Waals surface area contributed by atoms with Gasteiger partial charge in [-0.05, 0) is 38.8 Å². The largest absolute Gasteiger partial charge is 0.0870 e. The quantitative estimate of drug-likeness (QED) is 0.521. The zero-order valence-electron chi connectivity index (χ0n) is 14.6. The topological polar surface area (TPSA) is 0 Å². The van der Waals surface area contributed by atoms with E-state index in [0.717, 1.165) is 0 Å². The monoisotopic (exact) mass is 272 g/mol. The van der Waals surface area contributed by atoms with Crippen LogP contribution in [-0.2, 0) is 0 Å².